The maximum Gasteiger partial charge on any atom is 0.261 e. The lowest BCUT2D eigenvalue weighted by Gasteiger charge is -2.13. The van der Waals surface area contributed by atoms with Crippen LogP contribution in [0.25, 0.3) is 0 Å². The summed E-state index contributed by atoms with van der Waals surface area (Å²) in [5.41, 5.74) is 1.70. The highest BCUT2D eigenvalue weighted by Gasteiger charge is 2.18. The molecule has 0 saturated carbocycles. The molecule has 1 unspecified atom stereocenters. The van der Waals surface area contributed by atoms with Gasteiger partial charge in [-0.05, 0) is 72.1 Å². The largest absolute Gasteiger partial charge is 0.350 e. The molecule has 7 heteroatoms. The molecule has 0 fully saturated rings. The summed E-state index contributed by atoms with van der Waals surface area (Å²) in [6.07, 6.45) is 0.798. The predicted molar refractivity (Wildman–Crippen MR) is 103 cm³/mol. The lowest BCUT2D eigenvalue weighted by molar-refractivity contribution is 0.0939. The number of anilines is 1. The molecular formula is C18H21BrN2O3S. The van der Waals surface area contributed by atoms with E-state index in [0.29, 0.717) is 15.7 Å². The maximum atomic E-state index is 12.7. The van der Waals surface area contributed by atoms with Crippen LogP contribution in [-0.4, -0.2) is 20.4 Å². The first-order chi connectivity index (χ1) is 11.7. The highest BCUT2D eigenvalue weighted by molar-refractivity contribution is 9.10. The van der Waals surface area contributed by atoms with Crippen molar-refractivity contribution in [2.24, 2.45) is 0 Å². The Morgan fingerprint density at radius 2 is 1.92 bits per heavy atom. The Kier molecular flexibility index (Phi) is 6.24. The third-order valence-electron chi connectivity index (χ3n) is 3.76. The smallest absolute Gasteiger partial charge is 0.261 e. The molecule has 0 bridgehead atoms. The first-order valence-electron chi connectivity index (χ1n) is 7.93. The van der Waals surface area contributed by atoms with Gasteiger partial charge in [0.15, 0.2) is 0 Å². The molecule has 0 aliphatic heterocycles. The van der Waals surface area contributed by atoms with Crippen LogP contribution in [0.15, 0.2) is 51.8 Å². The Bertz CT molecular complexity index is 882. The van der Waals surface area contributed by atoms with E-state index in [-0.39, 0.29) is 16.8 Å². The number of halogens is 1. The summed E-state index contributed by atoms with van der Waals surface area (Å²) in [5.74, 6) is -0.289. The van der Waals surface area contributed by atoms with Crippen LogP contribution in [0.2, 0.25) is 0 Å². The van der Waals surface area contributed by atoms with Crippen molar-refractivity contribution in [3.05, 3.63) is 58.1 Å². The van der Waals surface area contributed by atoms with Gasteiger partial charge in [-0.1, -0.05) is 19.1 Å². The van der Waals surface area contributed by atoms with E-state index in [9.17, 15) is 13.2 Å². The number of sulfonamides is 1. The van der Waals surface area contributed by atoms with Crippen molar-refractivity contribution in [3.63, 3.8) is 0 Å². The maximum absolute atomic E-state index is 12.7. The predicted octanol–water partition coefficient (Wildman–Crippen LogP) is 4.09. The van der Waals surface area contributed by atoms with Crippen molar-refractivity contribution in [1.29, 1.82) is 0 Å². The van der Waals surface area contributed by atoms with Gasteiger partial charge in [0.05, 0.1) is 10.6 Å². The Morgan fingerprint density at radius 1 is 1.20 bits per heavy atom. The number of amides is 1. The number of carbonyl (C=O) groups is 1. The molecule has 0 aliphatic rings. The normalized spacial score (nSPS) is 12.5. The summed E-state index contributed by atoms with van der Waals surface area (Å²) in [4.78, 5) is 12.3. The van der Waals surface area contributed by atoms with Crippen molar-refractivity contribution in [1.82, 2.24) is 5.32 Å². The fourth-order valence-corrected chi connectivity index (χ4v) is 3.73. The zero-order valence-electron chi connectivity index (χ0n) is 14.3. The third kappa shape index (κ3) is 5.06. The van der Waals surface area contributed by atoms with Gasteiger partial charge in [-0.3, -0.25) is 9.52 Å². The van der Waals surface area contributed by atoms with Gasteiger partial charge in [-0.2, -0.15) is 0 Å². The average Bonchev–Trinajstić information content (AvgIpc) is 2.58. The van der Waals surface area contributed by atoms with Crippen LogP contribution in [0, 0.1) is 6.92 Å². The summed E-state index contributed by atoms with van der Waals surface area (Å²) in [6.45, 7) is 5.74. The molecule has 1 atom stereocenters. The van der Waals surface area contributed by atoms with Gasteiger partial charge >= 0.3 is 0 Å². The SMILES string of the molecule is CCC(C)NC(=O)c1cccc(S(=O)(=O)Nc2cc(C)ccc2Br)c1. The minimum Gasteiger partial charge on any atom is -0.350 e. The van der Waals surface area contributed by atoms with Gasteiger partial charge in [-0.25, -0.2) is 8.42 Å². The van der Waals surface area contributed by atoms with Crippen molar-refractivity contribution in [2.75, 3.05) is 4.72 Å². The number of hydrogen-bond acceptors (Lipinski definition) is 3. The zero-order chi connectivity index (χ0) is 18.6. The number of aryl methyl sites for hydroxylation is 1. The monoisotopic (exact) mass is 424 g/mol. The lowest BCUT2D eigenvalue weighted by Crippen LogP contribution is -2.32. The van der Waals surface area contributed by atoms with E-state index < -0.39 is 10.0 Å². The fourth-order valence-electron chi connectivity index (χ4n) is 2.13. The van der Waals surface area contributed by atoms with E-state index in [2.05, 4.69) is 26.0 Å². The van der Waals surface area contributed by atoms with Gasteiger partial charge in [0.2, 0.25) is 0 Å². The average molecular weight is 425 g/mol. The molecule has 0 spiro atoms. The molecule has 1 amide bonds. The highest BCUT2D eigenvalue weighted by Crippen LogP contribution is 2.26. The first kappa shape index (κ1) is 19.5. The molecule has 25 heavy (non-hydrogen) atoms. The van der Waals surface area contributed by atoms with E-state index in [1.807, 2.05) is 26.8 Å². The number of benzene rings is 2. The molecule has 0 radical (unpaired) electrons. The minimum atomic E-state index is -3.80. The topological polar surface area (TPSA) is 75.3 Å². The van der Waals surface area contributed by atoms with Crippen LogP contribution >= 0.6 is 15.9 Å². The number of rotatable bonds is 6. The molecule has 0 heterocycles. The summed E-state index contributed by atoms with van der Waals surface area (Å²) >= 11 is 3.34. The molecule has 134 valence electrons. The van der Waals surface area contributed by atoms with E-state index in [1.165, 1.54) is 12.1 Å². The van der Waals surface area contributed by atoms with E-state index in [0.717, 1.165) is 12.0 Å². The molecule has 0 saturated heterocycles. The molecular weight excluding hydrogens is 404 g/mol. The number of nitrogens with one attached hydrogen (secondary N) is 2. The second-order valence-electron chi connectivity index (χ2n) is 5.90. The Hall–Kier alpha value is -1.86. The number of hydrogen-bond donors (Lipinski definition) is 2. The lowest BCUT2D eigenvalue weighted by atomic mass is 10.2. The van der Waals surface area contributed by atoms with Gasteiger partial charge in [0.25, 0.3) is 15.9 Å². The minimum absolute atomic E-state index is 0.0223. The van der Waals surface area contributed by atoms with E-state index >= 15 is 0 Å². The summed E-state index contributed by atoms with van der Waals surface area (Å²) in [6, 6.07) is 11.4. The van der Waals surface area contributed by atoms with Crippen LogP contribution in [0.1, 0.15) is 36.2 Å². The van der Waals surface area contributed by atoms with E-state index in [1.54, 1.807) is 24.3 Å². The molecule has 2 aromatic carbocycles. The highest BCUT2D eigenvalue weighted by atomic mass is 79.9. The Balaban J connectivity index is 2.29. The molecule has 5 nitrogen and oxygen atoms in total. The summed E-state index contributed by atoms with van der Waals surface area (Å²) in [5, 5.41) is 2.83. The number of carbonyl (C=O) groups excluding carboxylic acids is 1. The molecule has 2 rings (SSSR count). The Labute approximate surface area is 157 Å². The zero-order valence-corrected chi connectivity index (χ0v) is 16.7. The van der Waals surface area contributed by atoms with Gasteiger partial charge in [-0.15, -0.1) is 0 Å². The van der Waals surface area contributed by atoms with Crippen molar-refractivity contribution >= 4 is 37.5 Å². The molecule has 2 N–H and O–H groups in total. The van der Waals surface area contributed by atoms with Crippen LogP contribution in [0.5, 0.6) is 0 Å². The quantitative estimate of drug-likeness (QED) is 0.732. The van der Waals surface area contributed by atoms with Crippen LogP contribution in [0.4, 0.5) is 5.69 Å². The van der Waals surface area contributed by atoms with Gasteiger partial charge in [0, 0.05) is 16.1 Å². The van der Waals surface area contributed by atoms with E-state index in [4.69, 9.17) is 0 Å². The van der Waals surface area contributed by atoms with Gasteiger partial charge < -0.3 is 5.32 Å². The molecule has 2 aromatic rings. The molecule has 0 aliphatic carbocycles. The second kappa shape index (κ2) is 8.01. The third-order valence-corrected chi connectivity index (χ3v) is 5.82. The van der Waals surface area contributed by atoms with Crippen LogP contribution in [-0.2, 0) is 10.0 Å². The van der Waals surface area contributed by atoms with Crippen LogP contribution < -0.4 is 10.0 Å². The first-order valence-corrected chi connectivity index (χ1v) is 10.2. The van der Waals surface area contributed by atoms with Crippen LogP contribution in [0.3, 0.4) is 0 Å². The van der Waals surface area contributed by atoms with Gasteiger partial charge in [0.1, 0.15) is 0 Å². The molecule has 0 aromatic heterocycles. The summed E-state index contributed by atoms with van der Waals surface area (Å²) < 4.78 is 28.5. The second-order valence-corrected chi connectivity index (χ2v) is 8.44. The fraction of sp³-hybridized carbons (Fsp3) is 0.278. The van der Waals surface area contributed by atoms with Crippen molar-refractivity contribution in [2.45, 2.75) is 38.1 Å². The Morgan fingerprint density at radius 3 is 2.60 bits per heavy atom. The standard InChI is InChI=1S/C18H21BrN2O3S/c1-4-13(3)20-18(22)14-6-5-7-15(11-14)25(23,24)21-17-10-12(2)8-9-16(17)19/h5-11,13,21H,4H2,1-3H3,(H,20,22). The summed E-state index contributed by atoms with van der Waals surface area (Å²) in [7, 11) is -3.80. The van der Waals surface area contributed by atoms with Crippen molar-refractivity contribution < 1.29 is 13.2 Å². The van der Waals surface area contributed by atoms with Crippen molar-refractivity contribution in [3.8, 4) is 0 Å².